The van der Waals surface area contributed by atoms with Crippen LogP contribution in [0.4, 0.5) is 0 Å². The topological polar surface area (TPSA) is 9.23 Å². The second kappa shape index (κ2) is 10.1. The quantitative estimate of drug-likeness (QED) is 0.284. The summed E-state index contributed by atoms with van der Waals surface area (Å²) < 4.78 is 6.95. The van der Waals surface area contributed by atoms with Crippen LogP contribution in [0.3, 0.4) is 0 Å². The Morgan fingerprint density at radius 3 is 1.93 bits per heavy atom. The molecule has 0 spiro atoms. The molecule has 2 rings (SSSR count). The average molecular weight is 393 g/mol. The Morgan fingerprint density at radius 1 is 1.00 bits per heavy atom. The maximum absolute atomic E-state index is 6.95. The van der Waals surface area contributed by atoms with E-state index < -0.39 is 8.32 Å². The fourth-order valence-electron chi connectivity index (χ4n) is 4.12. The van der Waals surface area contributed by atoms with Gasteiger partial charge in [0.15, 0.2) is 0 Å². The van der Waals surface area contributed by atoms with E-state index in [2.05, 4.69) is 108 Å². The molecule has 0 aliphatic heterocycles. The van der Waals surface area contributed by atoms with E-state index in [0.717, 1.165) is 25.9 Å². The molecule has 150 valence electrons. The van der Waals surface area contributed by atoms with Crippen molar-refractivity contribution < 1.29 is 4.43 Å². The van der Waals surface area contributed by atoms with E-state index in [1.54, 1.807) is 0 Å². The smallest absolute Gasteiger partial charge is 0.261 e. The van der Waals surface area contributed by atoms with Crippen LogP contribution in [0, 0.1) is 5.92 Å². The van der Waals surface area contributed by atoms with Crippen molar-refractivity contribution in [1.82, 2.24) is 0 Å². The Morgan fingerprint density at radius 2 is 1.50 bits per heavy atom. The van der Waals surface area contributed by atoms with Gasteiger partial charge in [0.2, 0.25) is 0 Å². The highest BCUT2D eigenvalue weighted by atomic mass is 28.4. The molecule has 2 heteroatoms. The van der Waals surface area contributed by atoms with E-state index in [1.165, 1.54) is 15.9 Å². The summed E-state index contributed by atoms with van der Waals surface area (Å²) in [6.45, 7) is 16.0. The summed E-state index contributed by atoms with van der Waals surface area (Å²) in [5, 5.41) is 2.75. The molecule has 0 aromatic heterocycles. The molecule has 0 amide bonds. The predicted octanol–water partition coefficient (Wildman–Crippen LogP) is 6.10. The van der Waals surface area contributed by atoms with Crippen LogP contribution in [0.1, 0.15) is 53.9 Å². The number of allylic oxidation sites excluding steroid dienone is 1. The van der Waals surface area contributed by atoms with E-state index in [4.69, 9.17) is 4.43 Å². The van der Waals surface area contributed by atoms with Gasteiger partial charge in [0.1, 0.15) is 0 Å². The molecule has 28 heavy (non-hydrogen) atoms. The maximum Gasteiger partial charge on any atom is 0.261 e. The molecular weight excluding hydrogens is 356 g/mol. The molecule has 1 atom stereocenters. The molecule has 2 aromatic rings. The van der Waals surface area contributed by atoms with Crippen molar-refractivity contribution >= 4 is 18.7 Å². The minimum atomic E-state index is -2.39. The highest BCUT2D eigenvalue weighted by Crippen LogP contribution is 2.36. The monoisotopic (exact) mass is 392 g/mol. The van der Waals surface area contributed by atoms with Crippen LogP contribution in [0.15, 0.2) is 78.5 Å². The maximum atomic E-state index is 6.95. The molecule has 2 aromatic carbocycles. The lowest BCUT2D eigenvalue weighted by Gasteiger charge is -2.43. The van der Waals surface area contributed by atoms with Gasteiger partial charge >= 0.3 is 0 Å². The Labute approximate surface area is 173 Å². The van der Waals surface area contributed by atoms with E-state index in [0.29, 0.717) is 5.92 Å². The molecular formula is C26H36OSi. The first kappa shape index (κ1) is 22.4. The van der Waals surface area contributed by atoms with Crippen LogP contribution >= 0.6 is 0 Å². The Bertz CT molecular complexity index is 728. The van der Waals surface area contributed by atoms with Gasteiger partial charge in [-0.2, -0.15) is 0 Å². The van der Waals surface area contributed by atoms with Crippen molar-refractivity contribution in [3.63, 3.8) is 0 Å². The van der Waals surface area contributed by atoms with Gasteiger partial charge in [0.25, 0.3) is 8.32 Å². The van der Waals surface area contributed by atoms with Crippen LogP contribution in [-0.2, 0) is 4.43 Å². The van der Waals surface area contributed by atoms with Gasteiger partial charge in [-0.15, -0.1) is 5.73 Å². The third kappa shape index (κ3) is 5.35. The first-order chi connectivity index (χ1) is 13.3. The van der Waals surface area contributed by atoms with Crippen molar-refractivity contribution in [2.75, 3.05) is 6.61 Å². The van der Waals surface area contributed by atoms with Gasteiger partial charge in [-0.1, -0.05) is 94.9 Å². The minimum absolute atomic E-state index is 0.0451. The lowest BCUT2D eigenvalue weighted by Crippen LogP contribution is -2.66. The summed E-state index contributed by atoms with van der Waals surface area (Å²) in [6, 6.07) is 21.8. The Kier molecular flexibility index (Phi) is 8.06. The zero-order chi connectivity index (χ0) is 20.6. The van der Waals surface area contributed by atoms with Gasteiger partial charge in [-0.25, -0.2) is 0 Å². The fourth-order valence-corrected chi connectivity index (χ4v) is 8.72. The number of hydrogen-bond acceptors (Lipinski definition) is 1. The predicted molar refractivity (Wildman–Crippen MR) is 125 cm³/mol. The van der Waals surface area contributed by atoms with Gasteiger partial charge in [-0.05, 0) is 53.1 Å². The van der Waals surface area contributed by atoms with E-state index in [1.807, 2.05) is 0 Å². The average Bonchev–Trinajstić information content (AvgIpc) is 2.68. The van der Waals surface area contributed by atoms with Crippen LogP contribution in [0.2, 0.25) is 5.04 Å². The van der Waals surface area contributed by atoms with Crippen LogP contribution in [0.5, 0.6) is 0 Å². The van der Waals surface area contributed by atoms with Crippen LogP contribution < -0.4 is 10.4 Å². The zero-order valence-corrected chi connectivity index (χ0v) is 19.3. The molecule has 0 bridgehead atoms. The highest BCUT2D eigenvalue weighted by molar-refractivity contribution is 6.99. The van der Waals surface area contributed by atoms with Gasteiger partial charge in [0, 0.05) is 6.61 Å². The van der Waals surface area contributed by atoms with Crippen molar-refractivity contribution in [1.29, 1.82) is 0 Å². The summed E-state index contributed by atoms with van der Waals surface area (Å²) in [5.74, 6) is 0.636. The first-order valence-electron chi connectivity index (χ1n) is 10.4. The SMILES string of the molecule is C=C=C(C)C[C@@H](C)CCCO[Si](c1ccccc1)(c1ccccc1)C(C)(C)C. The zero-order valence-electron chi connectivity index (χ0n) is 18.3. The minimum Gasteiger partial charge on any atom is -0.407 e. The molecule has 0 unspecified atom stereocenters. The Balaban J connectivity index is 2.26. The van der Waals surface area contributed by atoms with Crippen molar-refractivity contribution in [2.24, 2.45) is 5.92 Å². The molecule has 0 heterocycles. The fraction of sp³-hybridized carbons (Fsp3) is 0.423. The highest BCUT2D eigenvalue weighted by Gasteiger charge is 2.49. The van der Waals surface area contributed by atoms with Gasteiger partial charge < -0.3 is 4.43 Å². The van der Waals surface area contributed by atoms with E-state index >= 15 is 0 Å². The molecule has 0 saturated carbocycles. The normalized spacial score (nSPS) is 13.0. The molecule has 0 radical (unpaired) electrons. The molecule has 1 nitrogen and oxygen atoms in total. The van der Waals surface area contributed by atoms with E-state index in [-0.39, 0.29) is 5.04 Å². The molecule has 0 aliphatic carbocycles. The number of rotatable bonds is 9. The second-order valence-corrected chi connectivity index (χ2v) is 13.2. The van der Waals surface area contributed by atoms with Crippen molar-refractivity contribution in [3.8, 4) is 0 Å². The Hall–Kier alpha value is -1.86. The second-order valence-electron chi connectivity index (χ2n) is 8.92. The van der Waals surface area contributed by atoms with Crippen molar-refractivity contribution in [2.45, 2.75) is 58.9 Å². The summed E-state index contributed by atoms with van der Waals surface area (Å²) >= 11 is 0. The lowest BCUT2D eigenvalue weighted by atomic mass is 9.98. The van der Waals surface area contributed by atoms with Crippen molar-refractivity contribution in [3.05, 3.63) is 78.5 Å². The number of benzene rings is 2. The first-order valence-corrected chi connectivity index (χ1v) is 12.3. The van der Waals surface area contributed by atoms with Gasteiger partial charge in [0.05, 0.1) is 0 Å². The summed E-state index contributed by atoms with van der Waals surface area (Å²) in [7, 11) is -2.39. The third-order valence-corrected chi connectivity index (χ3v) is 10.6. The molecule has 0 saturated heterocycles. The number of hydrogen-bond donors (Lipinski definition) is 0. The molecule has 0 fully saturated rings. The summed E-state index contributed by atoms with van der Waals surface area (Å²) in [6.07, 6.45) is 3.32. The third-order valence-electron chi connectivity index (χ3n) is 5.53. The lowest BCUT2D eigenvalue weighted by molar-refractivity contribution is 0.278. The summed E-state index contributed by atoms with van der Waals surface area (Å²) in [5.41, 5.74) is 4.27. The van der Waals surface area contributed by atoms with Crippen LogP contribution in [-0.4, -0.2) is 14.9 Å². The standard InChI is InChI=1S/C26H36OSi/c1-7-22(2)21-23(3)15-14-20-27-28(26(4,5)6,24-16-10-8-11-17-24)25-18-12-9-13-19-25/h8-13,16-19,23H,1,14-15,20-21H2,2-6H3/t23-/m0/s1. The van der Waals surface area contributed by atoms with Gasteiger partial charge in [-0.3, -0.25) is 0 Å². The van der Waals surface area contributed by atoms with Crippen LogP contribution in [0.25, 0.3) is 0 Å². The summed E-state index contributed by atoms with van der Waals surface area (Å²) in [4.78, 5) is 0. The molecule has 0 N–H and O–H groups in total. The van der Waals surface area contributed by atoms with E-state index in [9.17, 15) is 0 Å². The molecule has 0 aliphatic rings. The largest absolute Gasteiger partial charge is 0.407 e.